The Labute approximate surface area is 159 Å². The van der Waals surface area contributed by atoms with E-state index in [0.717, 1.165) is 47.7 Å². The van der Waals surface area contributed by atoms with Crippen molar-refractivity contribution in [3.8, 4) is 0 Å². The molecule has 1 saturated heterocycles. The minimum absolute atomic E-state index is 0.0233. The summed E-state index contributed by atoms with van der Waals surface area (Å²) in [7, 11) is 0. The van der Waals surface area contributed by atoms with Gasteiger partial charge in [-0.25, -0.2) is 9.78 Å². The first-order valence-corrected chi connectivity index (χ1v) is 10.7. The molecule has 0 atom stereocenters. The van der Waals surface area contributed by atoms with Crippen LogP contribution in [0.25, 0.3) is 0 Å². The van der Waals surface area contributed by atoms with Crippen LogP contribution < -0.4 is 10.6 Å². The predicted molar refractivity (Wildman–Crippen MR) is 104 cm³/mol. The van der Waals surface area contributed by atoms with Gasteiger partial charge in [-0.2, -0.15) is 0 Å². The van der Waals surface area contributed by atoms with Gasteiger partial charge in [-0.3, -0.25) is 4.79 Å². The average Bonchev–Trinajstić information content (AvgIpc) is 3.04. The van der Waals surface area contributed by atoms with Crippen molar-refractivity contribution in [3.63, 3.8) is 0 Å². The summed E-state index contributed by atoms with van der Waals surface area (Å²) in [5.74, 6) is -0.0233. The summed E-state index contributed by atoms with van der Waals surface area (Å²) in [6.07, 6.45) is 8.40. The van der Waals surface area contributed by atoms with E-state index in [9.17, 15) is 9.59 Å². The molecule has 1 aliphatic heterocycles. The fraction of sp³-hybridized carbons (Fsp3) is 0.737. The molecular formula is C19H30N4O2S. The van der Waals surface area contributed by atoms with Crippen molar-refractivity contribution in [3.05, 3.63) is 15.6 Å². The van der Waals surface area contributed by atoms with Gasteiger partial charge in [0.1, 0.15) is 4.88 Å². The Hall–Kier alpha value is -1.63. The Morgan fingerprint density at radius 1 is 1.08 bits per heavy atom. The number of carbonyl (C=O) groups is 2. The SMILES string of the molecule is CCc1nc(C)c(C(=O)NC2CCN(C(=O)NC3CCCCC3)CC2)s1. The first-order chi connectivity index (χ1) is 12.6. The lowest BCUT2D eigenvalue weighted by Crippen LogP contribution is -2.51. The average molecular weight is 379 g/mol. The molecule has 1 aromatic heterocycles. The second-order valence-electron chi connectivity index (χ2n) is 7.39. The third-order valence-electron chi connectivity index (χ3n) is 5.40. The maximum absolute atomic E-state index is 12.5. The van der Waals surface area contributed by atoms with Crippen LogP contribution in [0.3, 0.4) is 0 Å². The maximum Gasteiger partial charge on any atom is 0.317 e. The number of amides is 3. The molecule has 26 heavy (non-hydrogen) atoms. The minimum atomic E-state index is -0.0233. The highest BCUT2D eigenvalue weighted by Crippen LogP contribution is 2.20. The second kappa shape index (κ2) is 8.84. The predicted octanol–water partition coefficient (Wildman–Crippen LogP) is 3.25. The molecule has 1 saturated carbocycles. The number of aryl methyl sites for hydroxylation is 2. The molecule has 3 rings (SSSR count). The van der Waals surface area contributed by atoms with Crippen molar-refractivity contribution in [1.29, 1.82) is 0 Å². The van der Waals surface area contributed by atoms with E-state index in [1.165, 1.54) is 30.6 Å². The van der Waals surface area contributed by atoms with Gasteiger partial charge in [-0.1, -0.05) is 26.2 Å². The number of hydrogen-bond acceptors (Lipinski definition) is 4. The molecule has 6 nitrogen and oxygen atoms in total. The summed E-state index contributed by atoms with van der Waals surface area (Å²) in [5, 5.41) is 7.31. The van der Waals surface area contributed by atoms with E-state index in [1.807, 2.05) is 18.7 Å². The van der Waals surface area contributed by atoms with E-state index in [-0.39, 0.29) is 18.0 Å². The van der Waals surface area contributed by atoms with Crippen molar-refractivity contribution in [2.75, 3.05) is 13.1 Å². The standard InChI is InChI=1S/C19H30N4O2S/c1-3-16-20-13(2)17(26-16)18(24)21-15-9-11-23(12-10-15)19(25)22-14-7-5-4-6-8-14/h14-15H,3-12H2,1-2H3,(H,21,24)(H,22,25). The van der Waals surface area contributed by atoms with Crippen LogP contribution in [0.1, 0.15) is 72.2 Å². The number of likely N-dealkylation sites (tertiary alicyclic amines) is 1. The minimum Gasteiger partial charge on any atom is -0.348 e. The quantitative estimate of drug-likeness (QED) is 0.844. The van der Waals surface area contributed by atoms with Gasteiger partial charge in [0, 0.05) is 25.2 Å². The molecule has 0 unspecified atom stereocenters. The number of thiazole rings is 1. The Morgan fingerprint density at radius 2 is 1.73 bits per heavy atom. The zero-order valence-electron chi connectivity index (χ0n) is 15.8. The number of nitrogens with one attached hydrogen (secondary N) is 2. The highest BCUT2D eigenvalue weighted by molar-refractivity contribution is 7.13. The highest BCUT2D eigenvalue weighted by atomic mass is 32.1. The van der Waals surface area contributed by atoms with Crippen molar-refractivity contribution in [2.24, 2.45) is 0 Å². The Bertz CT molecular complexity index is 631. The van der Waals surface area contributed by atoms with Gasteiger partial charge >= 0.3 is 6.03 Å². The van der Waals surface area contributed by atoms with Crippen molar-refractivity contribution >= 4 is 23.3 Å². The van der Waals surface area contributed by atoms with Crippen molar-refractivity contribution in [1.82, 2.24) is 20.5 Å². The molecule has 0 spiro atoms. The third kappa shape index (κ3) is 4.75. The second-order valence-corrected chi connectivity index (χ2v) is 8.48. The lowest BCUT2D eigenvalue weighted by atomic mass is 9.95. The smallest absolute Gasteiger partial charge is 0.317 e. The first kappa shape index (κ1) is 19.1. The number of rotatable bonds is 4. The molecule has 144 valence electrons. The van der Waals surface area contributed by atoms with Crippen molar-refractivity contribution < 1.29 is 9.59 Å². The first-order valence-electron chi connectivity index (χ1n) is 9.89. The van der Waals surface area contributed by atoms with Crippen LogP contribution in [0, 0.1) is 6.92 Å². The van der Waals surface area contributed by atoms with Crippen LogP contribution in [-0.4, -0.2) is 47.0 Å². The summed E-state index contributed by atoms with van der Waals surface area (Å²) >= 11 is 1.48. The van der Waals surface area contributed by atoms with Gasteiger partial charge in [-0.05, 0) is 39.0 Å². The van der Waals surface area contributed by atoms with E-state index in [4.69, 9.17) is 0 Å². The largest absolute Gasteiger partial charge is 0.348 e. The number of hydrogen-bond donors (Lipinski definition) is 2. The van der Waals surface area contributed by atoms with E-state index >= 15 is 0 Å². The van der Waals surface area contributed by atoms with E-state index in [1.54, 1.807) is 0 Å². The highest BCUT2D eigenvalue weighted by Gasteiger charge is 2.26. The molecule has 0 aromatic carbocycles. The fourth-order valence-corrected chi connectivity index (χ4v) is 4.71. The van der Waals surface area contributed by atoms with Gasteiger partial charge in [0.05, 0.1) is 10.7 Å². The molecule has 3 amide bonds. The zero-order valence-corrected chi connectivity index (χ0v) is 16.7. The molecule has 1 aliphatic carbocycles. The molecular weight excluding hydrogens is 348 g/mol. The summed E-state index contributed by atoms with van der Waals surface area (Å²) in [4.78, 5) is 32.0. The summed E-state index contributed by atoms with van der Waals surface area (Å²) < 4.78 is 0. The Morgan fingerprint density at radius 3 is 2.35 bits per heavy atom. The molecule has 7 heteroatoms. The summed E-state index contributed by atoms with van der Waals surface area (Å²) in [6, 6.07) is 0.538. The number of urea groups is 1. The lowest BCUT2D eigenvalue weighted by molar-refractivity contribution is 0.0920. The van der Waals surface area contributed by atoms with E-state index < -0.39 is 0 Å². The van der Waals surface area contributed by atoms with Gasteiger partial charge in [0.2, 0.25) is 0 Å². The molecule has 2 heterocycles. The maximum atomic E-state index is 12.5. The topological polar surface area (TPSA) is 74.3 Å². The van der Waals surface area contributed by atoms with Crippen LogP contribution in [-0.2, 0) is 6.42 Å². The Balaban J connectivity index is 1.45. The molecule has 2 aliphatic rings. The number of nitrogens with zero attached hydrogens (tertiary/aromatic N) is 2. The molecule has 2 fully saturated rings. The van der Waals surface area contributed by atoms with Crippen molar-refractivity contribution in [2.45, 2.75) is 77.3 Å². The van der Waals surface area contributed by atoms with Gasteiger partial charge in [0.15, 0.2) is 0 Å². The third-order valence-corrected chi connectivity index (χ3v) is 6.70. The molecule has 0 radical (unpaired) electrons. The number of carbonyl (C=O) groups excluding carboxylic acids is 2. The van der Waals surface area contributed by atoms with Crippen LogP contribution in [0.2, 0.25) is 0 Å². The van der Waals surface area contributed by atoms with Gasteiger partial charge in [-0.15, -0.1) is 11.3 Å². The molecule has 0 bridgehead atoms. The lowest BCUT2D eigenvalue weighted by Gasteiger charge is -2.34. The molecule has 1 aromatic rings. The van der Waals surface area contributed by atoms with Crippen LogP contribution in [0.4, 0.5) is 4.79 Å². The Kier molecular flexibility index (Phi) is 6.51. The zero-order chi connectivity index (χ0) is 18.5. The van der Waals surface area contributed by atoms with E-state index in [2.05, 4.69) is 15.6 Å². The summed E-state index contributed by atoms with van der Waals surface area (Å²) in [6.45, 7) is 5.34. The number of piperidine rings is 1. The normalized spacial score (nSPS) is 19.4. The van der Waals surface area contributed by atoms with Crippen LogP contribution in [0.15, 0.2) is 0 Å². The van der Waals surface area contributed by atoms with Crippen LogP contribution >= 0.6 is 11.3 Å². The number of aromatic nitrogens is 1. The van der Waals surface area contributed by atoms with E-state index in [0.29, 0.717) is 19.1 Å². The molecule has 2 N–H and O–H groups in total. The van der Waals surface area contributed by atoms with Gasteiger partial charge in [0.25, 0.3) is 5.91 Å². The monoisotopic (exact) mass is 378 g/mol. The van der Waals surface area contributed by atoms with Crippen LogP contribution in [0.5, 0.6) is 0 Å². The fourth-order valence-electron chi connectivity index (χ4n) is 3.80. The summed E-state index contributed by atoms with van der Waals surface area (Å²) in [5.41, 5.74) is 0.814. The van der Waals surface area contributed by atoms with Gasteiger partial charge < -0.3 is 15.5 Å².